The predicted molar refractivity (Wildman–Crippen MR) is 135 cm³/mol. The molecule has 2 heterocycles. The minimum Gasteiger partial charge on any atom is -0.399 e. The molecule has 166 valence electrons. The van der Waals surface area contributed by atoms with E-state index in [2.05, 4.69) is 18.1 Å². The lowest BCUT2D eigenvalue weighted by atomic mass is 9.79. The zero-order chi connectivity index (χ0) is 23.6. The van der Waals surface area contributed by atoms with Crippen molar-refractivity contribution in [1.29, 1.82) is 0 Å². The first-order valence-electron chi connectivity index (χ1n) is 11.0. The van der Waals surface area contributed by atoms with Crippen LogP contribution in [0.4, 0.5) is 0 Å². The number of hydrogen-bond donors (Lipinski definition) is 0. The van der Waals surface area contributed by atoms with Crippen LogP contribution in [0.15, 0.2) is 86.0 Å². The van der Waals surface area contributed by atoms with Gasteiger partial charge in [-0.25, -0.2) is 15.0 Å². The molecule has 0 radical (unpaired) electrons. The maximum Gasteiger partial charge on any atom is 0.494 e. The molecule has 0 bridgehead atoms. The topological polar surface area (TPSA) is 57.1 Å². The highest BCUT2D eigenvalue weighted by molar-refractivity contribution is 6.62. The quantitative estimate of drug-likeness (QED) is 0.389. The molecule has 0 N–H and O–H groups in total. The van der Waals surface area contributed by atoms with Gasteiger partial charge in [0.2, 0.25) is 0 Å². The van der Waals surface area contributed by atoms with Gasteiger partial charge in [-0.05, 0) is 33.2 Å². The molecule has 6 heteroatoms. The van der Waals surface area contributed by atoms with E-state index in [0.29, 0.717) is 17.5 Å². The number of nitrogens with zero attached hydrogens (tertiary/aromatic N) is 3. The summed E-state index contributed by atoms with van der Waals surface area (Å²) in [6.45, 7) is 15.9. The van der Waals surface area contributed by atoms with Crippen molar-refractivity contribution >= 4 is 18.2 Å². The fourth-order valence-electron chi connectivity index (χ4n) is 3.48. The zero-order valence-corrected chi connectivity index (χ0v) is 19.6. The number of hydrogen-bond acceptors (Lipinski definition) is 5. The van der Waals surface area contributed by atoms with Crippen LogP contribution in [0.3, 0.4) is 0 Å². The van der Waals surface area contributed by atoms with Crippen molar-refractivity contribution in [3.63, 3.8) is 0 Å². The summed E-state index contributed by atoms with van der Waals surface area (Å²) in [5.74, 6) is 1.72. The number of rotatable bonds is 6. The van der Waals surface area contributed by atoms with Gasteiger partial charge in [0.25, 0.3) is 0 Å². The summed E-state index contributed by atoms with van der Waals surface area (Å²) < 4.78 is 12.3. The Labute approximate surface area is 196 Å². The zero-order valence-electron chi connectivity index (χ0n) is 19.6. The molecule has 0 unspecified atom stereocenters. The molecule has 1 aromatic heterocycles. The van der Waals surface area contributed by atoms with E-state index < -0.39 is 7.12 Å². The van der Waals surface area contributed by atoms with Crippen molar-refractivity contribution in [2.24, 2.45) is 0 Å². The SMILES string of the molecule is C=C/C=C(\C=C)c1nc(-c2ccccc2)nc(-c2ccc(B3OC(C)(C)C(C)(C)O3)cc2)n1. The molecule has 1 fully saturated rings. The van der Waals surface area contributed by atoms with E-state index >= 15 is 0 Å². The highest BCUT2D eigenvalue weighted by Gasteiger charge is 2.51. The molecule has 4 rings (SSSR count). The lowest BCUT2D eigenvalue weighted by Gasteiger charge is -2.32. The molecule has 3 aromatic rings. The van der Waals surface area contributed by atoms with Crippen LogP contribution in [0.5, 0.6) is 0 Å². The van der Waals surface area contributed by atoms with E-state index in [-0.39, 0.29) is 11.2 Å². The van der Waals surface area contributed by atoms with Crippen molar-refractivity contribution in [3.05, 3.63) is 91.8 Å². The van der Waals surface area contributed by atoms with E-state index in [9.17, 15) is 0 Å². The first-order valence-corrected chi connectivity index (χ1v) is 11.0. The Morgan fingerprint density at radius 1 is 0.788 bits per heavy atom. The molecule has 0 spiro atoms. The van der Waals surface area contributed by atoms with Gasteiger partial charge in [0.05, 0.1) is 11.2 Å². The fraction of sp³-hybridized carbons (Fsp3) is 0.222. The van der Waals surface area contributed by atoms with Gasteiger partial charge < -0.3 is 9.31 Å². The third-order valence-corrected chi connectivity index (χ3v) is 6.14. The third kappa shape index (κ3) is 4.58. The Kier molecular flexibility index (Phi) is 6.15. The highest BCUT2D eigenvalue weighted by atomic mass is 16.7. The molecule has 2 aromatic carbocycles. The Bertz CT molecular complexity index is 1190. The maximum absolute atomic E-state index is 6.17. The second-order valence-corrected chi connectivity index (χ2v) is 8.94. The van der Waals surface area contributed by atoms with E-state index in [1.807, 2.05) is 88.4 Å². The molecule has 1 aliphatic heterocycles. The maximum atomic E-state index is 6.17. The highest BCUT2D eigenvalue weighted by Crippen LogP contribution is 2.36. The van der Waals surface area contributed by atoms with Crippen molar-refractivity contribution in [2.75, 3.05) is 0 Å². The van der Waals surface area contributed by atoms with Crippen molar-refractivity contribution in [3.8, 4) is 22.8 Å². The fourth-order valence-corrected chi connectivity index (χ4v) is 3.48. The Morgan fingerprint density at radius 3 is 1.85 bits per heavy atom. The molecule has 0 saturated carbocycles. The molecular formula is C27H28BN3O2. The van der Waals surface area contributed by atoms with Gasteiger partial charge in [-0.1, -0.05) is 86.0 Å². The summed E-state index contributed by atoms with van der Waals surface area (Å²) >= 11 is 0. The van der Waals surface area contributed by atoms with Crippen LogP contribution < -0.4 is 5.46 Å². The van der Waals surface area contributed by atoms with Crippen molar-refractivity contribution in [2.45, 2.75) is 38.9 Å². The van der Waals surface area contributed by atoms with Crippen LogP contribution in [0.2, 0.25) is 0 Å². The molecule has 0 aliphatic carbocycles. The average Bonchev–Trinajstić information content (AvgIpc) is 3.04. The van der Waals surface area contributed by atoms with E-state index in [1.54, 1.807) is 12.2 Å². The number of aromatic nitrogens is 3. The lowest BCUT2D eigenvalue weighted by Crippen LogP contribution is -2.41. The molecule has 33 heavy (non-hydrogen) atoms. The van der Waals surface area contributed by atoms with E-state index in [0.717, 1.165) is 22.2 Å². The normalized spacial score (nSPS) is 17.1. The molecule has 5 nitrogen and oxygen atoms in total. The minimum absolute atomic E-state index is 0.386. The van der Waals surface area contributed by atoms with Crippen LogP contribution in [-0.4, -0.2) is 33.3 Å². The lowest BCUT2D eigenvalue weighted by molar-refractivity contribution is 0.00578. The van der Waals surface area contributed by atoms with Gasteiger partial charge in [-0.3, -0.25) is 0 Å². The van der Waals surface area contributed by atoms with Crippen LogP contribution in [0.25, 0.3) is 28.3 Å². The van der Waals surface area contributed by atoms with E-state index in [1.165, 1.54) is 0 Å². The molecule has 1 aliphatic rings. The Morgan fingerprint density at radius 2 is 1.33 bits per heavy atom. The van der Waals surface area contributed by atoms with Crippen molar-refractivity contribution < 1.29 is 9.31 Å². The van der Waals surface area contributed by atoms with Crippen LogP contribution in [-0.2, 0) is 9.31 Å². The summed E-state index contributed by atoms with van der Waals surface area (Å²) in [5, 5.41) is 0. The Hall–Kier alpha value is -3.35. The number of benzene rings is 2. The van der Waals surface area contributed by atoms with Crippen LogP contribution in [0, 0.1) is 0 Å². The Balaban J connectivity index is 1.73. The van der Waals surface area contributed by atoms with E-state index in [4.69, 9.17) is 19.3 Å². The van der Waals surface area contributed by atoms with Gasteiger partial charge in [-0.2, -0.15) is 0 Å². The summed E-state index contributed by atoms with van der Waals surface area (Å²) in [6.07, 6.45) is 5.25. The second kappa shape index (κ2) is 8.89. The summed E-state index contributed by atoms with van der Waals surface area (Å²) in [5.41, 5.74) is 2.75. The molecule has 0 atom stereocenters. The van der Waals surface area contributed by atoms with Gasteiger partial charge in [0.1, 0.15) is 0 Å². The minimum atomic E-state index is -0.416. The third-order valence-electron chi connectivity index (χ3n) is 6.14. The van der Waals surface area contributed by atoms with Gasteiger partial charge in [0, 0.05) is 16.7 Å². The van der Waals surface area contributed by atoms with Crippen molar-refractivity contribution in [1.82, 2.24) is 15.0 Å². The van der Waals surface area contributed by atoms with Gasteiger partial charge >= 0.3 is 7.12 Å². The van der Waals surface area contributed by atoms with Gasteiger partial charge in [0.15, 0.2) is 17.5 Å². The molecule has 0 amide bonds. The molecule has 1 saturated heterocycles. The monoisotopic (exact) mass is 437 g/mol. The first-order chi connectivity index (χ1) is 15.7. The summed E-state index contributed by atoms with van der Waals surface area (Å²) in [4.78, 5) is 14.2. The largest absolute Gasteiger partial charge is 0.494 e. The van der Waals surface area contributed by atoms with Crippen LogP contribution in [0.1, 0.15) is 33.5 Å². The summed E-state index contributed by atoms with van der Waals surface area (Å²) in [6, 6.07) is 17.8. The standard InChI is InChI=1S/C27H28BN3O2/c1-7-12-19(8-2)23-29-24(20-13-10-9-11-14-20)31-25(30-23)21-15-17-22(18-16-21)28-32-26(3,4)27(5,6)33-28/h7-18H,1-2H2,3-6H3/b19-12+. The second-order valence-electron chi connectivity index (χ2n) is 8.94. The van der Waals surface area contributed by atoms with Gasteiger partial charge in [-0.15, -0.1) is 0 Å². The smallest absolute Gasteiger partial charge is 0.399 e. The van der Waals surface area contributed by atoms with Crippen LogP contribution >= 0.6 is 0 Å². The predicted octanol–water partition coefficient (Wildman–Crippen LogP) is 5.26. The first kappa shape index (κ1) is 22.8. The number of allylic oxidation sites excluding steroid dienone is 4. The average molecular weight is 437 g/mol. The molecular weight excluding hydrogens is 409 g/mol. The summed E-state index contributed by atoms with van der Waals surface area (Å²) in [7, 11) is -0.416.